The molecule has 0 fully saturated rings. The third-order valence-corrected chi connectivity index (χ3v) is 3.14. The van der Waals surface area contributed by atoms with Crippen LogP contribution in [0.4, 0.5) is 0 Å². The zero-order chi connectivity index (χ0) is 12.1. The van der Waals surface area contributed by atoms with Crippen LogP contribution in [0, 0.1) is 0 Å². The number of nitrogens with two attached hydrogens (primary N) is 1. The van der Waals surface area contributed by atoms with Gasteiger partial charge in [-0.25, -0.2) is 0 Å². The Labute approximate surface area is 105 Å². The van der Waals surface area contributed by atoms with Gasteiger partial charge in [0.25, 0.3) is 0 Å². The van der Waals surface area contributed by atoms with Crippen molar-refractivity contribution in [2.75, 3.05) is 6.61 Å². The van der Waals surface area contributed by atoms with Crippen LogP contribution in [0.15, 0.2) is 30.5 Å². The highest BCUT2D eigenvalue weighted by atomic mass is 32.1. The number of hydrogen-bond acceptors (Lipinski definition) is 5. The number of ether oxygens (including phenoxy) is 1. The van der Waals surface area contributed by atoms with Gasteiger partial charge < -0.3 is 10.5 Å². The summed E-state index contributed by atoms with van der Waals surface area (Å²) in [7, 11) is 0. The number of nitrogens with zero attached hydrogens (tertiary/aromatic N) is 2. The van der Waals surface area contributed by atoms with Crippen molar-refractivity contribution >= 4 is 11.5 Å². The van der Waals surface area contributed by atoms with Crippen molar-refractivity contribution in [3.05, 3.63) is 40.9 Å². The van der Waals surface area contributed by atoms with Crippen LogP contribution in [-0.2, 0) is 0 Å². The van der Waals surface area contributed by atoms with Crippen LogP contribution in [-0.4, -0.2) is 16.2 Å². The SMILES string of the molecule is CCCOc1ccc(C(N)c2cnns2)cc1. The fourth-order valence-electron chi connectivity index (χ4n) is 1.47. The summed E-state index contributed by atoms with van der Waals surface area (Å²) in [6.07, 6.45) is 2.71. The van der Waals surface area contributed by atoms with E-state index in [4.69, 9.17) is 10.5 Å². The molecule has 1 unspecified atom stereocenters. The predicted molar refractivity (Wildman–Crippen MR) is 68.2 cm³/mol. The second-order valence-electron chi connectivity index (χ2n) is 3.72. The van der Waals surface area contributed by atoms with E-state index in [1.165, 1.54) is 11.5 Å². The van der Waals surface area contributed by atoms with E-state index in [2.05, 4.69) is 16.5 Å². The second kappa shape index (κ2) is 5.75. The molecule has 2 N–H and O–H groups in total. The lowest BCUT2D eigenvalue weighted by Crippen LogP contribution is -2.10. The zero-order valence-corrected chi connectivity index (χ0v) is 10.5. The molecule has 1 heterocycles. The molecular formula is C12H15N3OS. The minimum atomic E-state index is -0.157. The summed E-state index contributed by atoms with van der Waals surface area (Å²) in [6, 6.07) is 7.69. The van der Waals surface area contributed by atoms with Gasteiger partial charge in [0.15, 0.2) is 0 Å². The summed E-state index contributed by atoms with van der Waals surface area (Å²) in [5, 5.41) is 3.79. The molecule has 4 nitrogen and oxygen atoms in total. The quantitative estimate of drug-likeness (QED) is 0.883. The maximum absolute atomic E-state index is 6.10. The van der Waals surface area contributed by atoms with Gasteiger partial charge in [-0.05, 0) is 35.6 Å². The van der Waals surface area contributed by atoms with Crippen molar-refractivity contribution in [2.24, 2.45) is 5.73 Å². The third kappa shape index (κ3) is 3.01. The molecule has 0 saturated heterocycles. The van der Waals surface area contributed by atoms with Gasteiger partial charge in [-0.15, -0.1) is 5.10 Å². The minimum absolute atomic E-state index is 0.157. The smallest absolute Gasteiger partial charge is 0.119 e. The Hall–Kier alpha value is -1.46. The molecule has 1 aromatic carbocycles. The van der Waals surface area contributed by atoms with Gasteiger partial charge in [0.1, 0.15) is 5.75 Å². The van der Waals surface area contributed by atoms with Crippen LogP contribution in [0.25, 0.3) is 0 Å². The van der Waals surface area contributed by atoms with E-state index in [9.17, 15) is 0 Å². The van der Waals surface area contributed by atoms with E-state index >= 15 is 0 Å². The van der Waals surface area contributed by atoms with E-state index in [1.807, 2.05) is 24.3 Å². The van der Waals surface area contributed by atoms with Crippen molar-refractivity contribution < 1.29 is 4.74 Å². The van der Waals surface area contributed by atoms with E-state index in [0.717, 1.165) is 29.2 Å². The van der Waals surface area contributed by atoms with Crippen LogP contribution in [0.2, 0.25) is 0 Å². The Morgan fingerprint density at radius 3 is 2.71 bits per heavy atom. The molecule has 0 bridgehead atoms. The molecule has 2 aromatic rings. The Morgan fingerprint density at radius 1 is 1.35 bits per heavy atom. The fraction of sp³-hybridized carbons (Fsp3) is 0.333. The summed E-state index contributed by atoms with van der Waals surface area (Å²) in [5.74, 6) is 0.880. The number of benzene rings is 1. The second-order valence-corrected chi connectivity index (χ2v) is 4.53. The van der Waals surface area contributed by atoms with E-state index < -0.39 is 0 Å². The summed E-state index contributed by atoms with van der Waals surface area (Å²) >= 11 is 1.33. The minimum Gasteiger partial charge on any atom is -0.494 e. The summed E-state index contributed by atoms with van der Waals surface area (Å²) in [5.41, 5.74) is 7.14. The Bertz CT molecular complexity index is 441. The van der Waals surface area contributed by atoms with Crippen LogP contribution in [0.1, 0.15) is 29.8 Å². The Morgan fingerprint density at radius 2 is 2.12 bits per heavy atom. The van der Waals surface area contributed by atoms with Crippen LogP contribution in [0.5, 0.6) is 5.75 Å². The first kappa shape index (κ1) is 12.0. The first-order valence-electron chi connectivity index (χ1n) is 5.57. The molecule has 0 radical (unpaired) electrons. The van der Waals surface area contributed by atoms with Crippen molar-refractivity contribution in [1.82, 2.24) is 9.59 Å². The van der Waals surface area contributed by atoms with Gasteiger partial charge in [0, 0.05) is 0 Å². The number of hydrogen-bond donors (Lipinski definition) is 1. The lowest BCUT2D eigenvalue weighted by atomic mass is 10.1. The van der Waals surface area contributed by atoms with E-state index in [0.29, 0.717) is 0 Å². The predicted octanol–water partition coefficient (Wildman–Crippen LogP) is 2.38. The van der Waals surface area contributed by atoms with Gasteiger partial charge in [-0.2, -0.15) is 0 Å². The summed E-state index contributed by atoms with van der Waals surface area (Å²) < 4.78 is 9.33. The van der Waals surface area contributed by atoms with E-state index in [-0.39, 0.29) is 6.04 Å². The molecule has 0 spiro atoms. The lowest BCUT2D eigenvalue weighted by Gasteiger charge is -2.10. The normalized spacial score (nSPS) is 12.4. The van der Waals surface area contributed by atoms with Crippen molar-refractivity contribution in [3.8, 4) is 5.75 Å². The molecule has 1 aromatic heterocycles. The molecule has 2 rings (SSSR count). The van der Waals surface area contributed by atoms with Crippen molar-refractivity contribution in [2.45, 2.75) is 19.4 Å². The molecule has 5 heteroatoms. The topological polar surface area (TPSA) is 61.0 Å². The molecule has 0 aliphatic heterocycles. The van der Waals surface area contributed by atoms with Gasteiger partial charge in [0.2, 0.25) is 0 Å². The average Bonchev–Trinajstić information content (AvgIpc) is 2.90. The molecule has 0 saturated carbocycles. The van der Waals surface area contributed by atoms with E-state index in [1.54, 1.807) is 6.20 Å². The summed E-state index contributed by atoms with van der Waals surface area (Å²) in [4.78, 5) is 0.965. The first-order chi connectivity index (χ1) is 8.31. The largest absolute Gasteiger partial charge is 0.494 e. The standard InChI is InChI=1S/C12H15N3OS/c1-2-7-16-10-5-3-9(4-6-10)12(13)11-8-14-15-17-11/h3-6,8,12H,2,7,13H2,1H3. The third-order valence-electron chi connectivity index (χ3n) is 2.40. The molecule has 90 valence electrons. The van der Waals surface area contributed by atoms with Gasteiger partial charge >= 0.3 is 0 Å². The number of rotatable bonds is 5. The molecular weight excluding hydrogens is 234 g/mol. The van der Waals surface area contributed by atoms with Crippen LogP contribution < -0.4 is 10.5 Å². The Balaban J connectivity index is 2.07. The molecule has 0 aliphatic carbocycles. The number of aromatic nitrogens is 2. The van der Waals surface area contributed by atoms with Crippen molar-refractivity contribution in [3.63, 3.8) is 0 Å². The molecule has 17 heavy (non-hydrogen) atoms. The maximum Gasteiger partial charge on any atom is 0.119 e. The maximum atomic E-state index is 6.10. The van der Waals surface area contributed by atoms with Gasteiger partial charge in [-0.3, -0.25) is 0 Å². The fourth-order valence-corrected chi connectivity index (χ4v) is 2.00. The van der Waals surface area contributed by atoms with Gasteiger partial charge in [0.05, 0.1) is 23.7 Å². The monoisotopic (exact) mass is 249 g/mol. The van der Waals surface area contributed by atoms with Crippen LogP contribution >= 0.6 is 11.5 Å². The highest BCUT2D eigenvalue weighted by Gasteiger charge is 2.11. The lowest BCUT2D eigenvalue weighted by molar-refractivity contribution is 0.317. The highest BCUT2D eigenvalue weighted by molar-refractivity contribution is 7.05. The highest BCUT2D eigenvalue weighted by Crippen LogP contribution is 2.23. The summed E-state index contributed by atoms with van der Waals surface area (Å²) in [6.45, 7) is 2.82. The van der Waals surface area contributed by atoms with Gasteiger partial charge in [-0.1, -0.05) is 23.5 Å². The molecule has 0 amide bonds. The molecule has 0 aliphatic rings. The first-order valence-corrected chi connectivity index (χ1v) is 6.34. The Kier molecular flexibility index (Phi) is 4.06. The molecule has 1 atom stereocenters. The van der Waals surface area contributed by atoms with Crippen LogP contribution in [0.3, 0.4) is 0 Å². The average molecular weight is 249 g/mol. The zero-order valence-electron chi connectivity index (χ0n) is 9.67. The van der Waals surface area contributed by atoms with Crippen molar-refractivity contribution in [1.29, 1.82) is 0 Å².